The van der Waals surface area contributed by atoms with Gasteiger partial charge in [0, 0.05) is 19.1 Å². The van der Waals surface area contributed by atoms with E-state index >= 15 is 0 Å². The summed E-state index contributed by atoms with van der Waals surface area (Å²) in [7, 11) is 1.79. The fraction of sp³-hybridized carbons (Fsp3) is 0.529. The number of likely N-dealkylation sites (tertiary alicyclic amines) is 1. The molecule has 5 nitrogen and oxygen atoms in total. The fourth-order valence-electron chi connectivity index (χ4n) is 3.04. The van der Waals surface area contributed by atoms with Crippen LogP contribution < -0.4 is 0 Å². The molecule has 0 saturated carbocycles. The van der Waals surface area contributed by atoms with Gasteiger partial charge in [-0.2, -0.15) is 0 Å². The second-order valence-corrected chi connectivity index (χ2v) is 6.17. The molecule has 1 aliphatic rings. The van der Waals surface area contributed by atoms with E-state index in [0.717, 1.165) is 18.4 Å². The molecule has 0 spiro atoms. The van der Waals surface area contributed by atoms with Crippen LogP contribution in [0.1, 0.15) is 35.2 Å². The topological polar surface area (TPSA) is 60.9 Å². The summed E-state index contributed by atoms with van der Waals surface area (Å²) in [6.07, 6.45) is 2.32. The molecule has 1 unspecified atom stereocenters. The number of benzene rings is 1. The van der Waals surface area contributed by atoms with Gasteiger partial charge in [0.25, 0.3) is 5.91 Å². The van der Waals surface area contributed by atoms with E-state index in [1.165, 1.54) is 6.07 Å². The van der Waals surface area contributed by atoms with Gasteiger partial charge in [0.05, 0.1) is 12.1 Å². The van der Waals surface area contributed by atoms with Gasteiger partial charge in [-0.3, -0.25) is 14.5 Å². The number of hydrogen-bond donors (Lipinski definition) is 1. The lowest BCUT2D eigenvalue weighted by Crippen LogP contribution is -2.37. The Labute approximate surface area is 135 Å². The summed E-state index contributed by atoms with van der Waals surface area (Å²) in [5, 5.41) is 8.88. The molecule has 1 heterocycles. The van der Waals surface area contributed by atoms with Crippen molar-refractivity contribution in [1.82, 2.24) is 9.80 Å². The normalized spacial score (nSPS) is 18.8. The van der Waals surface area contributed by atoms with Gasteiger partial charge in [-0.1, -0.05) is 11.6 Å². The molecule has 0 aliphatic carbocycles. The summed E-state index contributed by atoms with van der Waals surface area (Å²) in [6, 6.07) is 4.68. The number of carboxylic acid groups (broad SMARTS) is 1. The van der Waals surface area contributed by atoms with Crippen LogP contribution in [0.25, 0.3) is 0 Å². The Kier molecular flexibility index (Phi) is 5.71. The van der Waals surface area contributed by atoms with Crippen LogP contribution in [0.5, 0.6) is 0 Å². The van der Waals surface area contributed by atoms with Crippen molar-refractivity contribution in [2.45, 2.75) is 32.2 Å². The number of aryl methyl sites for hydroxylation is 1. The van der Waals surface area contributed by atoms with Gasteiger partial charge in [0.15, 0.2) is 0 Å². The Bertz CT molecular complexity index is 591. The molecular formula is C17H23FN2O3. The van der Waals surface area contributed by atoms with Crippen molar-refractivity contribution in [3.05, 3.63) is 35.1 Å². The molecule has 23 heavy (non-hydrogen) atoms. The van der Waals surface area contributed by atoms with E-state index in [9.17, 15) is 14.0 Å². The average molecular weight is 322 g/mol. The standard InChI is InChI=1S/C17H23FN2O3/c1-12-5-6-15(18)14(10-12)17(23)20-8-3-4-13(7-9-20)19(2)11-16(21)22/h5-6,10,13H,3-4,7-9,11H2,1-2H3,(H,21,22). The number of carbonyl (C=O) groups excluding carboxylic acids is 1. The zero-order valence-corrected chi connectivity index (χ0v) is 13.6. The molecule has 0 radical (unpaired) electrons. The van der Waals surface area contributed by atoms with Crippen LogP contribution in [-0.4, -0.2) is 59.5 Å². The smallest absolute Gasteiger partial charge is 0.317 e. The van der Waals surface area contributed by atoms with Crippen LogP contribution in [0, 0.1) is 12.7 Å². The van der Waals surface area contributed by atoms with Crippen LogP contribution in [0.3, 0.4) is 0 Å². The molecule has 0 bridgehead atoms. The van der Waals surface area contributed by atoms with Crippen molar-refractivity contribution in [3.63, 3.8) is 0 Å². The van der Waals surface area contributed by atoms with E-state index in [0.29, 0.717) is 19.5 Å². The molecule has 6 heteroatoms. The SMILES string of the molecule is Cc1ccc(F)c(C(=O)N2CCCC(N(C)CC(=O)O)CC2)c1. The number of amides is 1. The Hall–Kier alpha value is -1.95. The lowest BCUT2D eigenvalue weighted by molar-refractivity contribution is -0.138. The highest BCUT2D eigenvalue weighted by atomic mass is 19.1. The molecule has 1 amide bonds. The number of halogens is 1. The first kappa shape index (κ1) is 17.4. The number of hydrogen-bond acceptors (Lipinski definition) is 3. The predicted octanol–water partition coefficient (Wildman–Crippen LogP) is 2.15. The molecule has 1 aliphatic heterocycles. The molecule has 1 N–H and O–H groups in total. The van der Waals surface area contributed by atoms with E-state index in [4.69, 9.17) is 5.11 Å². The minimum absolute atomic E-state index is 0.00881. The van der Waals surface area contributed by atoms with E-state index < -0.39 is 11.8 Å². The van der Waals surface area contributed by atoms with Gasteiger partial charge in [0.2, 0.25) is 0 Å². The van der Waals surface area contributed by atoms with Gasteiger partial charge in [0.1, 0.15) is 5.82 Å². The first-order chi connectivity index (χ1) is 10.9. The minimum Gasteiger partial charge on any atom is -0.480 e. The quantitative estimate of drug-likeness (QED) is 0.923. The molecule has 2 rings (SSSR count). The number of likely N-dealkylation sites (N-methyl/N-ethyl adjacent to an activating group) is 1. The Morgan fingerprint density at radius 2 is 2.09 bits per heavy atom. The molecule has 1 saturated heterocycles. The maximum atomic E-state index is 13.9. The van der Waals surface area contributed by atoms with Crippen LogP contribution >= 0.6 is 0 Å². The first-order valence-corrected chi connectivity index (χ1v) is 7.86. The van der Waals surface area contributed by atoms with E-state index in [1.807, 2.05) is 11.8 Å². The Morgan fingerprint density at radius 3 is 2.78 bits per heavy atom. The zero-order valence-electron chi connectivity index (χ0n) is 13.6. The zero-order chi connectivity index (χ0) is 17.0. The van der Waals surface area contributed by atoms with Crippen LogP contribution in [0.4, 0.5) is 4.39 Å². The lowest BCUT2D eigenvalue weighted by atomic mass is 10.1. The monoisotopic (exact) mass is 322 g/mol. The van der Waals surface area contributed by atoms with Gasteiger partial charge in [-0.15, -0.1) is 0 Å². The Morgan fingerprint density at radius 1 is 1.35 bits per heavy atom. The molecule has 126 valence electrons. The van der Waals surface area contributed by atoms with Gasteiger partial charge in [-0.25, -0.2) is 4.39 Å². The van der Waals surface area contributed by atoms with E-state index in [-0.39, 0.29) is 24.1 Å². The summed E-state index contributed by atoms with van der Waals surface area (Å²) >= 11 is 0. The highest BCUT2D eigenvalue weighted by Crippen LogP contribution is 2.19. The van der Waals surface area contributed by atoms with Crippen LogP contribution in [0.15, 0.2) is 18.2 Å². The van der Waals surface area contributed by atoms with Crippen molar-refractivity contribution in [3.8, 4) is 0 Å². The second-order valence-electron chi connectivity index (χ2n) is 6.17. The molecule has 1 aromatic rings. The Balaban J connectivity index is 2.04. The third-order valence-electron chi connectivity index (χ3n) is 4.35. The lowest BCUT2D eigenvalue weighted by Gasteiger charge is -2.25. The van der Waals surface area contributed by atoms with Crippen molar-refractivity contribution < 1.29 is 19.1 Å². The molecule has 0 aromatic heterocycles. The number of carbonyl (C=O) groups is 2. The summed E-state index contributed by atoms with van der Waals surface area (Å²) < 4.78 is 13.9. The summed E-state index contributed by atoms with van der Waals surface area (Å²) in [5.74, 6) is -1.64. The summed E-state index contributed by atoms with van der Waals surface area (Å²) in [5.41, 5.74) is 0.964. The van der Waals surface area contributed by atoms with Gasteiger partial charge >= 0.3 is 5.97 Å². The molecule has 1 fully saturated rings. The maximum Gasteiger partial charge on any atom is 0.317 e. The van der Waals surface area contributed by atoms with Crippen LogP contribution in [-0.2, 0) is 4.79 Å². The van der Waals surface area contributed by atoms with Gasteiger partial charge < -0.3 is 10.0 Å². The van der Waals surface area contributed by atoms with Crippen molar-refractivity contribution in [2.24, 2.45) is 0 Å². The maximum absolute atomic E-state index is 13.9. The van der Waals surface area contributed by atoms with Gasteiger partial charge in [-0.05, 0) is 45.4 Å². The van der Waals surface area contributed by atoms with Crippen molar-refractivity contribution >= 4 is 11.9 Å². The van der Waals surface area contributed by atoms with E-state index in [2.05, 4.69) is 0 Å². The van der Waals surface area contributed by atoms with Crippen molar-refractivity contribution in [2.75, 3.05) is 26.7 Å². The molecule has 1 atom stereocenters. The summed E-state index contributed by atoms with van der Waals surface area (Å²) in [6.45, 7) is 2.91. The number of aliphatic carboxylic acids is 1. The predicted molar refractivity (Wildman–Crippen MR) is 84.9 cm³/mol. The highest BCUT2D eigenvalue weighted by molar-refractivity contribution is 5.94. The molecular weight excluding hydrogens is 299 g/mol. The third-order valence-corrected chi connectivity index (χ3v) is 4.35. The highest BCUT2D eigenvalue weighted by Gasteiger charge is 2.25. The number of carboxylic acids is 1. The number of rotatable bonds is 4. The number of nitrogens with zero attached hydrogens (tertiary/aromatic N) is 2. The van der Waals surface area contributed by atoms with Crippen molar-refractivity contribution in [1.29, 1.82) is 0 Å². The summed E-state index contributed by atoms with van der Waals surface area (Å²) in [4.78, 5) is 26.9. The average Bonchev–Trinajstić information content (AvgIpc) is 2.74. The minimum atomic E-state index is -0.855. The molecule has 1 aromatic carbocycles. The largest absolute Gasteiger partial charge is 0.480 e. The van der Waals surface area contributed by atoms with Crippen LogP contribution in [0.2, 0.25) is 0 Å². The van der Waals surface area contributed by atoms with E-state index in [1.54, 1.807) is 24.1 Å². The first-order valence-electron chi connectivity index (χ1n) is 7.86. The fourth-order valence-corrected chi connectivity index (χ4v) is 3.04. The third kappa shape index (κ3) is 4.51. The second kappa shape index (κ2) is 7.55.